The Bertz CT molecular complexity index is 557. The second kappa shape index (κ2) is 7.51. The third kappa shape index (κ3) is 5.37. The number of piperidine rings is 1. The molecule has 6 heteroatoms. The summed E-state index contributed by atoms with van der Waals surface area (Å²) in [5.74, 6) is 0. The van der Waals surface area contributed by atoms with Crippen LogP contribution in [0, 0.1) is 6.92 Å². The molecule has 0 aliphatic carbocycles. The first-order valence-corrected chi connectivity index (χ1v) is 8.91. The number of pyridine rings is 1. The van der Waals surface area contributed by atoms with Gasteiger partial charge in [0.05, 0.1) is 17.9 Å². The molecule has 0 saturated carbocycles. The lowest BCUT2D eigenvalue weighted by Gasteiger charge is -2.37. The van der Waals surface area contributed by atoms with E-state index in [1.807, 2.05) is 32.6 Å². The Hall–Kier alpha value is -1.30. The van der Waals surface area contributed by atoms with Gasteiger partial charge >= 0.3 is 6.09 Å². The van der Waals surface area contributed by atoms with Gasteiger partial charge in [0.15, 0.2) is 0 Å². The van der Waals surface area contributed by atoms with Gasteiger partial charge in [-0.05, 0) is 74.5 Å². The number of nitrogens with zero attached hydrogens (tertiary/aromatic N) is 2. The number of ether oxygens (including phenoxy) is 1. The van der Waals surface area contributed by atoms with Crippen molar-refractivity contribution in [3.8, 4) is 0 Å². The van der Waals surface area contributed by atoms with Crippen LogP contribution in [0.3, 0.4) is 0 Å². The molecule has 1 fully saturated rings. The maximum Gasteiger partial charge on any atom is 0.410 e. The summed E-state index contributed by atoms with van der Waals surface area (Å²) in [7, 11) is 0. The number of hydrogen-bond donors (Lipinski definition) is 1. The lowest BCUT2D eigenvalue weighted by Crippen LogP contribution is -2.48. The highest BCUT2D eigenvalue weighted by atomic mass is 79.9. The van der Waals surface area contributed by atoms with E-state index in [-0.39, 0.29) is 12.1 Å². The number of carbonyl (C=O) groups is 1. The molecule has 23 heavy (non-hydrogen) atoms. The Morgan fingerprint density at radius 3 is 2.87 bits per heavy atom. The Morgan fingerprint density at radius 2 is 2.22 bits per heavy atom. The van der Waals surface area contributed by atoms with Crippen LogP contribution in [-0.4, -0.2) is 40.7 Å². The van der Waals surface area contributed by atoms with Crippen molar-refractivity contribution < 1.29 is 9.53 Å². The summed E-state index contributed by atoms with van der Waals surface area (Å²) >= 11 is 3.41. The first-order valence-electron chi connectivity index (χ1n) is 8.12. The standard InChI is InChI=1S/C17H26BrN3O2/c1-12-9-13(10-20-15(12)18)19-11-14-7-5-6-8-21(14)16(22)23-17(2,3)4/h9-10,14,19H,5-8,11H2,1-4H3. The van der Waals surface area contributed by atoms with Crippen LogP contribution in [0.4, 0.5) is 10.5 Å². The van der Waals surface area contributed by atoms with E-state index >= 15 is 0 Å². The highest BCUT2D eigenvalue weighted by Gasteiger charge is 2.30. The van der Waals surface area contributed by atoms with Crippen LogP contribution in [0.1, 0.15) is 45.6 Å². The number of likely N-dealkylation sites (tertiary alicyclic amines) is 1. The number of anilines is 1. The van der Waals surface area contributed by atoms with Crippen molar-refractivity contribution in [2.24, 2.45) is 0 Å². The van der Waals surface area contributed by atoms with Crippen LogP contribution in [0.2, 0.25) is 0 Å². The van der Waals surface area contributed by atoms with Crippen LogP contribution in [0.15, 0.2) is 16.9 Å². The molecule has 1 atom stereocenters. The lowest BCUT2D eigenvalue weighted by molar-refractivity contribution is 0.0114. The highest BCUT2D eigenvalue weighted by Crippen LogP contribution is 2.22. The molecule has 2 rings (SSSR count). The van der Waals surface area contributed by atoms with E-state index < -0.39 is 5.60 Å². The van der Waals surface area contributed by atoms with E-state index in [2.05, 4.69) is 32.3 Å². The molecule has 0 radical (unpaired) electrons. The van der Waals surface area contributed by atoms with Crippen LogP contribution in [0.5, 0.6) is 0 Å². The average Bonchev–Trinajstić information content (AvgIpc) is 2.47. The summed E-state index contributed by atoms with van der Waals surface area (Å²) in [6.07, 6.45) is 4.76. The largest absolute Gasteiger partial charge is 0.444 e. The smallest absolute Gasteiger partial charge is 0.410 e. The monoisotopic (exact) mass is 383 g/mol. The Kier molecular flexibility index (Phi) is 5.89. The number of carbonyl (C=O) groups excluding carboxylic acids is 1. The highest BCUT2D eigenvalue weighted by molar-refractivity contribution is 9.10. The normalized spacial score (nSPS) is 18.7. The summed E-state index contributed by atoms with van der Waals surface area (Å²) in [4.78, 5) is 18.5. The number of rotatable bonds is 3. The van der Waals surface area contributed by atoms with E-state index in [1.165, 1.54) is 0 Å². The fourth-order valence-corrected chi connectivity index (χ4v) is 2.88. The van der Waals surface area contributed by atoms with Gasteiger partial charge in [0.2, 0.25) is 0 Å². The molecule has 1 aliphatic heterocycles. The molecular formula is C17H26BrN3O2. The molecule has 0 aromatic carbocycles. The molecule has 1 unspecified atom stereocenters. The molecule has 128 valence electrons. The second-order valence-electron chi connectivity index (χ2n) is 7.04. The van der Waals surface area contributed by atoms with Crippen LogP contribution in [-0.2, 0) is 4.74 Å². The number of nitrogens with one attached hydrogen (secondary N) is 1. The van der Waals surface area contributed by atoms with E-state index in [9.17, 15) is 4.79 Å². The Balaban J connectivity index is 1.98. The van der Waals surface area contributed by atoms with Crippen molar-refractivity contribution in [3.63, 3.8) is 0 Å². The van der Waals surface area contributed by atoms with Crippen molar-refractivity contribution in [2.45, 2.75) is 58.6 Å². The summed E-state index contributed by atoms with van der Waals surface area (Å²) in [5, 5.41) is 3.40. The van der Waals surface area contributed by atoms with Crippen LogP contribution in [0.25, 0.3) is 0 Å². The first kappa shape index (κ1) is 18.0. The summed E-state index contributed by atoms with van der Waals surface area (Å²) < 4.78 is 6.39. The maximum absolute atomic E-state index is 12.4. The zero-order chi connectivity index (χ0) is 17.0. The minimum absolute atomic E-state index is 0.155. The van der Waals surface area contributed by atoms with Crippen LogP contribution >= 0.6 is 15.9 Å². The minimum Gasteiger partial charge on any atom is -0.444 e. The Labute approximate surface area is 146 Å². The second-order valence-corrected chi connectivity index (χ2v) is 7.79. The number of aryl methyl sites for hydroxylation is 1. The predicted octanol–water partition coefficient (Wildman–Crippen LogP) is 4.35. The molecule has 1 aromatic rings. The first-order chi connectivity index (χ1) is 10.8. The number of aromatic nitrogens is 1. The van der Waals surface area contributed by atoms with Crippen molar-refractivity contribution in [2.75, 3.05) is 18.4 Å². The fourth-order valence-electron chi connectivity index (χ4n) is 2.66. The molecule has 1 aromatic heterocycles. The van der Waals surface area contributed by atoms with E-state index in [1.54, 1.807) is 6.20 Å². The van der Waals surface area contributed by atoms with Crippen LogP contribution < -0.4 is 5.32 Å². The molecule has 1 aliphatic rings. The van der Waals surface area contributed by atoms with E-state index in [0.29, 0.717) is 6.54 Å². The van der Waals surface area contributed by atoms with Gasteiger partial charge in [-0.1, -0.05) is 0 Å². The van der Waals surface area contributed by atoms with Gasteiger partial charge in [-0.2, -0.15) is 0 Å². The molecule has 1 N–H and O–H groups in total. The van der Waals surface area contributed by atoms with Crippen molar-refractivity contribution in [1.82, 2.24) is 9.88 Å². The van der Waals surface area contributed by atoms with Crippen molar-refractivity contribution >= 4 is 27.7 Å². The number of hydrogen-bond acceptors (Lipinski definition) is 4. The molecule has 2 heterocycles. The summed E-state index contributed by atoms with van der Waals surface area (Å²) in [5.41, 5.74) is 1.60. The SMILES string of the molecule is Cc1cc(NCC2CCCCN2C(=O)OC(C)(C)C)cnc1Br. The molecule has 0 spiro atoms. The van der Waals surface area contributed by atoms with Gasteiger partial charge in [0.25, 0.3) is 0 Å². The topological polar surface area (TPSA) is 54.5 Å². The average molecular weight is 384 g/mol. The summed E-state index contributed by atoms with van der Waals surface area (Å²) in [6.45, 7) is 9.19. The van der Waals surface area contributed by atoms with E-state index in [0.717, 1.165) is 41.7 Å². The quantitative estimate of drug-likeness (QED) is 0.787. The predicted molar refractivity (Wildman–Crippen MR) is 95.7 cm³/mol. The fraction of sp³-hybridized carbons (Fsp3) is 0.647. The number of halogens is 1. The number of amides is 1. The molecule has 1 saturated heterocycles. The molecule has 5 nitrogen and oxygen atoms in total. The molecule has 0 bridgehead atoms. The van der Waals surface area contributed by atoms with Crippen molar-refractivity contribution in [1.29, 1.82) is 0 Å². The lowest BCUT2D eigenvalue weighted by atomic mass is 10.0. The zero-order valence-corrected chi connectivity index (χ0v) is 15.9. The zero-order valence-electron chi connectivity index (χ0n) is 14.4. The third-order valence-electron chi connectivity index (χ3n) is 3.81. The minimum atomic E-state index is -0.459. The van der Waals surface area contributed by atoms with Gasteiger partial charge in [0, 0.05) is 13.1 Å². The van der Waals surface area contributed by atoms with E-state index in [4.69, 9.17) is 4.74 Å². The molecular weight excluding hydrogens is 358 g/mol. The molecule has 1 amide bonds. The van der Waals surface area contributed by atoms with Gasteiger partial charge < -0.3 is 15.0 Å². The third-order valence-corrected chi connectivity index (χ3v) is 4.64. The van der Waals surface area contributed by atoms with Gasteiger partial charge in [-0.25, -0.2) is 9.78 Å². The Morgan fingerprint density at radius 1 is 1.48 bits per heavy atom. The van der Waals surface area contributed by atoms with Gasteiger partial charge in [-0.3, -0.25) is 0 Å². The van der Waals surface area contributed by atoms with Gasteiger partial charge in [-0.15, -0.1) is 0 Å². The maximum atomic E-state index is 12.4. The van der Waals surface area contributed by atoms with Crippen molar-refractivity contribution in [3.05, 3.63) is 22.4 Å². The summed E-state index contributed by atoms with van der Waals surface area (Å²) in [6, 6.07) is 2.21. The van der Waals surface area contributed by atoms with Gasteiger partial charge in [0.1, 0.15) is 10.2 Å².